The van der Waals surface area contributed by atoms with Crippen molar-refractivity contribution in [3.63, 3.8) is 0 Å². The molecule has 0 unspecified atom stereocenters. The molecule has 1 heterocycles. The van der Waals surface area contributed by atoms with Crippen molar-refractivity contribution in [3.05, 3.63) is 71.9 Å². The van der Waals surface area contributed by atoms with E-state index in [1.165, 1.54) is 5.56 Å². The summed E-state index contributed by atoms with van der Waals surface area (Å²) in [5, 5.41) is 13.1. The highest BCUT2D eigenvalue weighted by Gasteiger charge is 2.12. The summed E-state index contributed by atoms with van der Waals surface area (Å²) < 4.78 is 1.97. The molecule has 0 radical (unpaired) electrons. The number of carbonyl (C=O) groups is 1. The number of aliphatic hydroxyl groups is 1. The number of aliphatic hydroxyl groups excluding tert-OH is 1. The van der Waals surface area contributed by atoms with Gasteiger partial charge in [0.1, 0.15) is 0 Å². The summed E-state index contributed by atoms with van der Waals surface area (Å²) in [4.78, 5) is 12.3. The molecule has 0 aliphatic heterocycles. The number of hydrogen-bond donors (Lipinski definition) is 2. The third-order valence-electron chi connectivity index (χ3n) is 4.59. The molecule has 0 spiro atoms. The molecule has 3 aromatic rings. The second-order valence-electron chi connectivity index (χ2n) is 7.70. The average molecular weight is 362 g/mol. The Hall–Kier alpha value is -2.85. The number of anilines is 1. The Kier molecular flexibility index (Phi) is 5.47. The number of fused-ring (bicyclic) bond motifs is 1. The summed E-state index contributed by atoms with van der Waals surface area (Å²) in [7, 11) is 0. The van der Waals surface area contributed by atoms with E-state index in [0.717, 1.165) is 22.2 Å². The van der Waals surface area contributed by atoms with E-state index in [0.29, 0.717) is 6.54 Å². The van der Waals surface area contributed by atoms with Crippen molar-refractivity contribution >= 4 is 28.6 Å². The minimum atomic E-state index is -0.172. The first-order chi connectivity index (χ1) is 12.9. The van der Waals surface area contributed by atoms with Crippen molar-refractivity contribution in [2.75, 3.05) is 11.9 Å². The van der Waals surface area contributed by atoms with Gasteiger partial charge in [-0.15, -0.1) is 0 Å². The van der Waals surface area contributed by atoms with Gasteiger partial charge in [0, 0.05) is 24.5 Å². The molecule has 1 aromatic heterocycles. The third kappa shape index (κ3) is 4.66. The second-order valence-corrected chi connectivity index (χ2v) is 7.70. The van der Waals surface area contributed by atoms with E-state index < -0.39 is 0 Å². The van der Waals surface area contributed by atoms with Crippen LogP contribution in [-0.2, 0) is 16.8 Å². The smallest absolute Gasteiger partial charge is 0.248 e. The van der Waals surface area contributed by atoms with E-state index in [9.17, 15) is 4.79 Å². The third-order valence-corrected chi connectivity index (χ3v) is 4.59. The first kappa shape index (κ1) is 18.9. The van der Waals surface area contributed by atoms with Crippen LogP contribution in [0.3, 0.4) is 0 Å². The summed E-state index contributed by atoms with van der Waals surface area (Å²) in [6.45, 7) is 7.15. The number of carbonyl (C=O) groups excluding carboxylic acids is 1. The molecule has 2 N–H and O–H groups in total. The van der Waals surface area contributed by atoms with Gasteiger partial charge < -0.3 is 15.0 Å². The van der Waals surface area contributed by atoms with Crippen molar-refractivity contribution in [2.24, 2.45) is 0 Å². The number of nitrogens with zero attached hydrogens (tertiary/aromatic N) is 1. The molecule has 3 rings (SSSR count). The molecule has 140 valence electrons. The molecular weight excluding hydrogens is 336 g/mol. The van der Waals surface area contributed by atoms with Gasteiger partial charge in [-0.05, 0) is 46.2 Å². The van der Waals surface area contributed by atoms with Crippen molar-refractivity contribution in [1.82, 2.24) is 4.57 Å². The first-order valence-electron chi connectivity index (χ1n) is 9.16. The first-order valence-corrected chi connectivity index (χ1v) is 9.16. The van der Waals surface area contributed by atoms with Crippen LogP contribution in [0.25, 0.3) is 17.0 Å². The fourth-order valence-corrected chi connectivity index (χ4v) is 3.01. The van der Waals surface area contributed by atoms with Gasteiger partial charge in [0.25, 0.3) is 0 Å². The zero-order valence-corrected chi connectivity index (χ0v) is 16.1. The maximum atomic E-state index is 12.3. The lowest BCUT2D eigenvalue weighted by Gasteiger charge is -2.18. The molecule has 4 heteroatoms. The predicted octanol–water partition coefficient (Wildman–Crippen LogP) is 4.58. The van der Waals surface area contributed by atoms with Gasteiger partial charge in [-0.1, -0.05) is 51.1 Å². The molecule has 27 heavy (non-hydrogen) atoms. The molecule has 2 aromatic carbocycles. The van der Waals surface area contributed by atoms with E-state index in [4.69, 9.17) is 5.11 Å². The molecule has 0 fully saturated rings. The summed E-state index contributed by atoms with van der Waals surface area (Å²) in [5.74, 6) is -0.172. The van der Waals surface area contributed by atoms with Crippen LogP contribution in [0.2, 0.25) is 0 Å². The lowest BCUT2D eigenvalue weighted by Crippen LogP contribution is -2.10. The van der Waals surface area contributed by atoms with E-state index >= 15 is 0 Å². The number of aromatic nitrogens is 1. The van der Waals surface area contributed by atoms with Gasteiger partial charge in [-0.3, -0.25) is 4.79 Å². The monoisotopic (exact) mass is 362 g/mol. The van der Waals surface area contributed by atoms with Crippen LogP contribution in [0.5, 0.6) is 0 Å². The molecule has 1 amide bonds. The summed E-state index contributed by atoms with van der Waals surface area (Å²) in [5.41, 5.74) is 4.10. The molecule has 0 aliphatic rings. The Morgan fingerprint density at radius 3 is 2.52 bits per heavy atom. The van der Waals surface area contributed by atoms with Crippen molar-refractivity contribution < 1.29 is 9.90 Å². The van der Waals surface area contributed by atoms with Crippen LogP contribution in [0.4, 0.5) is 5.69 Å². The number of nitrogens with one attached hydrogen (secondary N) is 1. The summed E-state index contributed by atoms with van der Waals surface area (Å²) >= 11 is 0. The van der Waals surface area contributed by atoms with Gasteiger partial charge in [-0.2, -0.15) is 0 Å². The Bertz CT molecular complexity index is 960. The highest BCUT2D eigenvalue weighted by atomic mass is 16.3. The summed E-state index contributed by atoms with van der Waals surface area (Å²) in [6, 6.07) is 16.0. The molecule has 0 atom stereocenters. The van der Waals surface area contributed by atoms with Crippen molar-refractivity contribution in [2.45, 2.75) is 32.7 Å². The quantitative estimate of drug-likeness (QED) is 0.653. The lowest BCUT2D eigenvalue weighted by molar-refractivity contribution is -0.111. The SMILES string of the molecule is CC(C)(C)c1ccc(/C=C/C(=O)Nc2ccc3ccn(CCO)c3c2)cc1. The minimum Gasteiger partial charge on any atom is -0.395 e. The second kappa shape index (κ2) is 7.80. The normalized spacial score (nSPS) is 12.0. The number of amides is 1. The zero-order chi connectivity index (χ0) is 19.4. The van der Waals surface area contributed by atoms with Gasteiger partial charge >= 0.3 is 0 Å². The Morgan fingerprint density at radius 1 is 1.11 bits per heavy atom. The molecule has 0 aliphatic carbocycles. The number of hydrogen-bond acceptors (Lipinski definition) is 2. The van der Waals surface area contributed by atoms with E-state index in [1.54, 1.807) is 6.08 Å². The highest BCUT2D eigenvalue weighted by Crippen LogP contribution is 2.23. The molecule has 4 nitrogen and oxygen atoms in total. The zero-order valence-electron chi connectivity index (χ0n) is 16.1. The standard InChI is InChI=1S/C23H26N2O2/c1-23(2,3)19-8-4-17(5-9-19)6-11-22(27)24-20-10-7-18-12-13-25(14-15-26)21(18)16-20/h4-13,16,26H,14-15H2,1-3H3,(H,24,27)/b11-6+. The fourth-order valence-electron chi connectivity index (χ4n) is 3.01. The van der Waals surface area contributed by atoms with E-state index in [-0.39, 0.29) is 17.9 Å². The predicted molar refractivity (Wildman–Crippen MR) is 112 cm³/mol. The number of benzene rings is 2. The van der Waals surface area contributed by atoms with Crippen LogP contribution in [0, 0.1) is 0 Å². The topological polar surface area (TPSA) is 54.3 Å². The van der Waals surface area contributed by atoms with Crippen LogP contribution < -0.4 is 5.32 Å². The van der Waals surface area contributed by atoms with Crippen molar-refractivity contribution in [3.8, 4) is 0 Å². The molecular formula is C23H26N2O2. The lowest BCUT2D eigenvalue weighted by atomic mass is 9.87. The number of rotatable bonds is 5. The minimum absolute atomic E-state index is 0.0805. The highest BCUT2D eigenvalue weighted by molar-refractivity contribution is 6.02. The largest absolute Gasteiger partial charge is 0.395 e. The van der Waals surface area contributed by atoms with Crippen LogP contribution >= 0.6 is 0 Å². The van der Waals surface area contributed by atoms with Crippen LogP contribution in [0.1, 0.15) is 31.9 Å². The van der Waals surface area contributed by atoms with E-state index in [2.05, 4.69) is 38.2 Å². The van der Waals surface area contributed by atoms with Gasteiger partial charge in [0.15, 0.2) is 0 Å². The van der Waals surface area contributed by atoms with Gasteiger partial charge in [-0.25, -0.2) is 0 Å². The maximum absolute atomic E-state index is 12.3. The maximum Gasteiger partial charge on any atom is 0.248 e. The van der Waals surface area contributed by atoms with Gasteiger partial charge in [0.05, 0.1) is 12.1 Å². The Labute approximate surface area is 160 Å². The Balaban J connectivity index is 1.69. The fraction of sp³-hybridized carbons (Fsp3) is 0.261. The molecule has 0 saturated heterocycles. The van der Waals surface area contributed by atoms with Crippen LogP contribution in [0.15, 0.2) is 60.8 Å². The van der Waals surface area contributed by atoms with E-state index in [1.807, 2.05) is 53.2 Å². The Morgan fingerprint density at radius 2 is 1.85 bits per heavy atom. The van der Waals surface area contributed by atoms with Crippen LogP contribution in [-0.4, -0.2) is 22.2 Å². The molecule has 0 saturated carbocycles. The molecule has 0 bridgehead atoms. The van der Waals surface area contributed by atoms with Gasteiger partial charge in [0.2, 0.25) is 5.91 Å². The average Bonchev–Trinajstić information content (AvgIpc) is 3.02. The van der Waals surface area contributed by atoms with Crippen molar-refractivity contribution in [1.29, 1.82) is 0 Å². The summed E-state index contributed by atoms with van der Waals surface area (Å²) in [6.07, 6.45) is 5.30.